The average Bonchev–Trinajstić information content (AvgIpc) is 2.84. The smallest absolute Gasteiger partial charge is 0.355 e. The molecule has 0 aliphatic carbocycles. The van der Waals surface area contributed by atoms with Crippen LogP contribution in [0.3, 0.4) is 0 Å². The Labute approximate surface area is 150 Å². The molecule has 1 amide bonds. The fraction of sp³-hybridized carbons (Fsp3) is 0.278. The number of esters is 1. The summed E-state index contributed by atoms with van der Waals surface area (Å²) in [7, 11) is 0. The molecule has 7 heteroatoms. The number of aromatic nitrogens is 1. The second-order valence-corrected chi connectivity index (χ2v) is 6.11. The van der Waals surface area contributed by atoms with Gasteiger partial charge in [-0.05, 0) is 45.4 Å². The van der Waals surface area contributed by atoms with Gasteiger partial charge in [-0.1, -0.05) is 23.7 Å². The van der Waals surface area contributed by atoms with Crippen LogP contribution in [0.5, 0.6) is 0 Å². The van der Waals surface area contributed by atoms with E-state index in [1.165, 1.54) is 13.8 Å². The fourth-order valence-electron chi connectivity index (χ4n) is 2.55. The summed E-state index contributed by atoms with van der Waals surface area (Å²) in [6, 6.07) is 6.76. The third-order valence-corrected chi connectivity index (χ3v) is 4.11. The summed E-state index contributed by atoms with van der Waals surface area (Å²) in [6.45, 7) is 6.25. The number of benzene rings is 1. The number of H-pyrrole nitrogens is 1. The summed E-state index contributed by atoms with van der Waals surface area (Å²) in [5.41, 5.74) is 2.15. The van der Waals surface area contributed by atoms with Gasteiger partial charge in [0.2, 0.25) is 0 Å². The van der Waals surface area contributed by atoms with E-state index in [2.05, 4.69) is 10.3 Å². The summed E-state index contributed by atoms with van der Waals surface area (Å²) in [5.74, 6) is -1.35. The minimum Gasteiger partial charge on any atom is -0.448 e. The molecule has 0 unspecified atom stereocenters. The van der Waals surface area contributed by atoms with Gasteiger partial charge in [-0.3, -0.25) is 9.59 Å². The Balaban J connectivity index is 2.10. The molecule has 0 radical (unpaired) electrons. The molecule has 6 nitrogen and oxygen atoms in total. The number of hydrogen-bond acceptors (Lipinski definition) is 4. The number of ether oxygens (including phenoxy) is 1. The zero-order chi connectivity index (χ0) is 18.7. The van der Waals surface area contributed by atoms with Crippen molar-refractivity contribution < 1.29 is 19.1 Å². The molecule has 0 aliphatic rings. The summed E-state index contributed by atoms with van der Waals surface area (Å²) in [4.78, 5) is 39.0. The molecule has 1 heterocycles. The first-order valence-corrected chi connectivity index (χ1v) is 8.06. The Hall–Kier alpha value is -2.60. The monoisotopic (exact) mass is 362 g/mol. The van der Waals surface area contributed by atoms with E-state index in [9.17, 15) is 14.4 Å². The Kier molecular flexibility index (Phi) is 5.64. The van der Waals surface area contributed by atoms with Gasteiger partial charge in [0.1, 0.15) is 5.69 Å². The Morgan fingerprint density at radius 1 is 1.20 bits per heavy atom. The summed E-state index contributed by atoms with van der Waals surface area (Å²) in [6.07, 6.45) is -1.03. The van der Waals surface area contributed by atoms with Crippen LogP contribution in [0.15, 0.2) is 24.3 Å². The number of rotatable bonds is 5. The number of ketones is 1. The maximum atomic E-state index is 12.3. The number of amides is 1. The van der Waals surface area contributed by atoms with Gasteiger partial charge in [-0.15, -0.1) is 0 Å². The van der Waals surface area contributed by atoms with Crippen molar-refractivity contribution in [1.29, 1.82) is 0 Å². The van der Waals surface area contributed by atoms with Gasteiger partial charge in [0.15, 0.2) is 11.9 Å². The average molecular weight is 363 g/mol. The minimum absolute atomic E-state index is 0.144. The molecule has 2 aromatic rings. The van der Waals surface area contributed by atoms with Crippen molar-refractivity contribution in [3.8, 4) is 0 Å². The van der Waals surface area contributed by atoms with Crippen LogP contribution in [-0.2, 0) is 9.53 Å². The highest BCUT2D eigenvalue weighted by molar-refractivity contribution is 6.33. The maximum absolute atomic E-state index is 12.3. The van der Waals surface area contributed by atoms with Crippen molar-refractivity contribution in [2.75, 3.05) is 5.32 Å². The van der Waals surface area contributed by atoms with Crippen LogP contribution in [0, 0.1) is 13.8 Å². The van der Waals surface area contributed by atoms with Crippen LogP contribution in [0.2, 0.25) is 5.02 Å². The third kappa shape index (κ3) is 4.09. The number of carbonyl (C=O) groups is 3. The Morgan fingerprint density at radius 2 is 1.84 bits per heavy atom. The van der Waals surface area contributed by atoms with E-state index < -0.39 is 18.0 Å². The third-order valence-electron chi connectivity index (χ3n) is 3.78. The normalized spacial score (nSPS) is 11.7. The molecule has 0 aliphatic heterocycles. The van der Waals surface area contributed by atoms with Crippen LogP contribution in [0.4, 0.5) is 5.69 Å². The number of anilines is 1. The Morgan fingerprint density at radius 3 is 2.40 bits per heavy atom. The molecule has 132 valence electrons. The van der Waals surface area contributed by atoms with E-state index in [1.807, 2.05) is 0 Å². The topological polar surface area (TPSA) is 88.3 Å². The van der Waals surface area contributed by atoms with Gasteiger partial charge in [0.25, 0.3) is 5.91 Å². The second kappa shape index (κ2) is 7.53. The molecule has 0 fully saturated rings. The zero-order valence-corrected chi connectivity index (χ0v) is 15.2. The second-order valence-electron chi connectivity index (χ2n) is 5.70. The largest absolute Gasteiger partial charge is 0.448 e. The van der Waals surface area contributed by atoms with Gasteiger partial charge < -0.3 is 15.0 Å². The van der Waals surface area contributed by atoms with E-state index >= 15 is 0 Å². The number of carbonyl (C=O) groups excluding carboxylic acids is 3. The van der Waals surface area contributed by atoms with Gasteiger partial charge in [-0.2, -0.15) is 0 Å². The summed E-state index contributed by atoms with van der Waals surface area (Å²) >= 11 is 5.99. The van der Waals surface area contributed by atoms with E-state index in [0.717, 1.165) is 0 Å². The molecule has 1 aromatic carbocycles. The number of nitrogens with one attached hydrogen (secondary N) is 2. The first-order valence-electron chi connectivity index (χ1n) is 7.68. The first kappa shape index (κ1) is 18.7. The van der Waals surface area contributed by atoms with Gasteiger partial charge in [-0.25, -0.2) is 4.79 Å². The molecule has 25 heavy (non-hydrogen) atoms. The molecule has 2 rings (SSSR count). The lowest BCUT2D eigenvalue weighted by Gasteiger charge is -2.14. The minimum atomic E-state index is -1.03. The molecular weight excluding hydrogens is 344 g/mol. The molecule has 2 N–H and O–H groups in total. The lowest BCUT2D eigenvalue weighted by Crippen LogP contribution is -2.30. The van der Waals surface area contributed by atoms with Crippen LogP contribution in [0.1, 0.15) is 46.0 Å². The van der Waals surface area contributed by atoms with Gasteiger partial charge in [0, 0.05) is 11.3 Å². The molecule has 0 spiro atoms. The molecule has 0 saturated heterocycles. The van der Waals surface area contributed by atoms with Crippen molar-refractivity contribution in [2.45, 2.75) is 33.8 Å². The van der Waals surface area contributed by atoms with E-state index in [4.69, 9.17) is 16.3 Å². The SMILES string of the molecule is CC(=O)c1c(C)[nH]c(C(=O)O[C@@H](C)C(=O)Nc2ccccc2Cl)c1C. The lowest BCUT2D eigenvalue weighted by atomic mass is 10.1. The van der Waals surface area contributed by atoms with Crippen LogP contribution in [-0.4, -0.2) is 28.7 Å². The van der Waals surface area contributed by atoms with E-state index in [0.29, 0.717) is 27.5 Å². The van der Waals surface area contributed by atoms with Crippen molar-refractivity contribution in [1.82, 2.24) is 4.98 Å². The lowest BCUT2D eigenvalue weighted by molar-refractivity contribution is -0.123. The Bertz CT molecular complexity index is 842. The van der Waals surface area contributed by atoms with Crippen molar-refractivity contribution in [3.05, 3.63) is 51.8 Å². The zero-order valence-electron chi connectivity index (χ0n) is 14.4. The predicted molar refractivity (Wildman–Crippen MR) is 95.2 cm³/mol. The molecule has 1 aromatic heterocycles. The summed E-state index contributed by atoms with van der Waals surface area (Å²) in [5, 5.41) is 2.99. The standard InChI is InChI=1S/C18H19ClN2O4/c1-9-15(11(3)22)10(2)20-16(9)18(24)25-12(4)17(23)21-14-8-6-5-7-13(14)19/h5-8,12,20H,1-4H3,(H,21,23)/t12-/m0/s1. The highest BCUT2D eigenvalue weighted by Gasteiger charge is 2.24. The summed E-state index contributed by atoms with van der Waals surface area (Å²) < 4.78 is 5.20. The highest BCUT2D eigenvalue weighted by atomic mass is 35.5. The first-order chi connectivity index (χ1) is 11.7. The number of para-hydroxylation sites is 1. The van der Waals surface area contributed by atoms with Crippen molar-refractivity contribution in [3.63, 3.8) is 0 Å². The van der Waals surface area contributed by atoms with Crippen molar-refractivity contribution in [2.24, 2.45) is 0 Å². The van der Waals surface area contributed by atoms with Crippen LogP contribution >= 0.6 is 11.6 Å². The van der Waals surface area contributed by atoms with E-state index in [1.54, 1.807) is 38.1 Å². The predicted octanol–water partition coefficient (Wildman–Crippen LogP) is 3.67. The number of hydrogen-bond donors (Lipinski definition) is 2. The fourth-order valence-corrected chi connectivity index (χ4v) is 2.74. The number of aryl methyl sites for hydroxylation is 1. The number of halogens is 1. The molecule has 0 bridgehead atoms. The molecule has 1 atom stereocenters. The number of Topliss-reactive ketones (excluding diaryl/α,β-unsaturated/α-hetero) is 1. The highest BCUT2D eigenvalue weighted by Crippen LogP contribution is 2.22. The quantitative estimate of drug-likeness (QED) is 0.627. The van der Waals surface area contributed by atoms with Crippen molar-refractivity contribution >= 4 is 34.9 Å². The van der Waals surface area contributed by atoms with Gasteiger partial charge in [0.05, 0.1) is 10.7 Å². The van der Waals surface area contributed by atoms with Gasteiger partial charge >= 0.3 is 5.97 Å². The van der Waals surface area contributed by atoms with Crippen LogP contribution in [0.25, 0.3) is 0 Å². The maximum Gasteiger partial charge on any atom is 0.355 e. The molecular formula is C18H19ClN2O4. The number of aromatic amines is 1. The molecule has 0 saturated carbocycles. The van der Waals surface area contributed by atoms with Crippen LogP contribution < -0.4 is 5.32 Å². The van der Waals surface area contributed by atoms with E-state index in [-0.39, 0.29) is 11.5 Å².